The average molecular weight is 391 g/mol. The molecule has 0 bridgehead atoms. The summed E-state index contributed by atoms with van der Waals surface area (Å²) in [5.74, 6) is -0.302. The van der Waals surface area contributed by atoms with Crippen molar-refractivity contribution in [1.82, 2.24) is 9.55 Å². The van der Waals surface area contributed by atoms with E-state index in [0.717, 1.165) is 5.56 Å². The molecule has 1 N–H and O–H groups in total. The normalized spacial score (nSPS) is 10.9. The van der Waals surface area contributed by atoms with Crippen LogP contribution in [-0.4, -0.2) is 20.6 Å². The summed E-state index contributed by atoms with van der Waals surface area (Å²) < 4.78 is 1.85. The molecule has 0 amide bonds. The average Bonchev–Trinajstić information content (AvgIpc) is 2.71. The van der Waals surface area contributed by atoms with Gasteiger partial charge in [0.1, 0.15) is 5.82 Å². The fourth-order valence-corrected chi connectivity index (χ4v) is 3.32. The number of rotatable bonds is 4. The van der Waals surface area contributed by atoms with E-state index in [1.54, 1.807) is 42.7 Å². The highest BCUT2D eigenvalue weighted by atomic mass is 35.5. The largest absolute Gasteiger partial charge is 0.478 e. The maximum atomic E-state index is 13.0. The van der Waals surface area contributed by atoms with Gasteiger partial charge < -0.3 is 9.67 Å². The maximum absolute atomic E-state index is 13.0. The number of carboxylic acid groups (broad SMARTS) is 1. The molecule has 2 aromatic carbocycles. The van der Waals surface area contributed by atoms with Crippen molar-refractivity contribution in [2.75, 3.05) is 0 Å². The Labute approximate surface area is 165 Å². The molecule has 0 saturated heterocycles. The molecule has 0 saturated carbocycles. The molecule has 28 heavy (non-hydrogen) atoms. The second-order valence-electron chi connectivity index (χ2n) is 6.38. The van der Waals surface area contributed by atoms with Crippen LogP contribution in [0.25, 0.3) is 16.7 Å². The second-order valence-corrected chi connectivity index (χ2v) is 6.82. The van der Waals surface area contributed by atoms with Crippen LogP contribution >= 0.6 is 11.6 Å². The maximum Gasteiger partial charge on any atom is 0.335 e. The summed E-state index contributed by atoms with van der Waals surface area (Å²) in [7, 11) is 0. The Morgan fingerprint density at radius 1 is 1.07 bits per heavy atom. The molecular weight excluding hydrogens is 376 g/mol. The van der Waals surface area contributed by atoms with E-state index in [4.69, 9.17) is 16.7 Å². The minimum atomic E-state index is -0.980. The van der Waals surface area contributed by atoms with Gasteiger partial charge in [-0.05, 0) is 48.0 Å². The molecule has 138 valence electrons. The van der Waals surface area contributed by atoms with Gasteiger partial charge in [0.05, 0.1) is 11.1 Å². The molecule has 2 heterocycles. The number of fused-ring (bicyclic) bond motifs is 1. The highest BCUT2D eigenvalue weighted by Gasteiger charge is 2.12. The van der Waals surface area contributed by atoms with E-state index in [-0.39, 0.29) is 11.0 Å². The summed E-state index contributed by atoms with van der Waals surface area (Å²) in [6.45, 7) is 0. The predicted octanol–water partition coefficient (Wildman–Crippen LogP) is 4.33. The Morgan fingerprint density at radius 3 is 2.54 bits per heavy atom. The molecule has 0 aliphatic rings. The molecule has 4 aromatic rings. The van der Waals surface area contributed by atoms with Crippen LogP contribution in [0, 0.1) is 0 Å². The molecule has 0 aliphatic heterocycles. The van der Waals surface area contributed by atoms with Crippen LogP contribution in [0.3, 0.4) is 0 Å². The number of aromatic nitrogens is 2. The Morgan fingerprint density at radius 2 is 1.86 bits per heavy atom. The van der Waals surface area contributed by atoms with Gasteiger partial charge in [-0.1, -0.05) is 29.8 Å². The number of carbonyl (C=O) groups is 1. The topological polar surface area (TPSA) is 72.2 Å². The summed E-state index contributed by atoms with van der Waals surface area (Å²) in [6.07, 6.45) is 3.84. The van der Waals surface area contributed by atoms with E-state index < -0.39 is 5.97 Å². The molecule has 0 spiro atoms. The van der Waals surface area contributed by atoms with E-state index in [2.05, 4.69) is 4.98 Å². The van der Waals surface area contributed by atoms with Gasteiger partial charge in [0, 0.05) is 34.8 Å². The SMILES string of the molecule is O=C(O)c1ccc(Cc2cn(-c3ccccn3)c3cc(Cl)ccc3c2=O)cc1. The minimum Gasteiger partial charge on any atom is -0.478 e. The standard InChI is InChI=1S/C22H15ClN2O3/c23-17-8-9-18-19(12-17)25(20-3-1-2-10-24-20)13-16(21(18)26)11-14-4-6-15(7-5-14)22(27)28/h1-10,12-13H,11H2,(H,27,28). The van der Waals surface area contributed by atoms with Crippen molar-refractivity contribution >= 4 is 28.5 Å². The number of nitrogens with zero attached hydrogens (tertiary/aromatic N) is 2. The Hall–Kier alpha value is -3.44. The Balaban J connectivity index is 1.87. The third kappa shape index (κ3) is 3.40. The van der Waals surface area contributed by atoms with Crippen molar-refractivity contribution in [3.8, 4) is 5.82 Å². The lowest BCUT2D eigenvalue weighted by Crippen LogP contribution is -2.15. The number of hydrogen-bond donors (Lipinski definition) is 1. The molecule has 0 radical (unpaired) electrons. The van der Waals surface area contributed by atoms with E-state index in [9.17, 15) is 9.59 Å². The highest BCUT2D eigenvalue weighted by Crippen LogP contribution is 2.21. The van der Waals surface area contributed by atoms with Crippen LogP contribution in [-0.2, 0) is 6.42 Å². The van der Waals surface area contributed by atoms with Gasteiger partial charge in [-0.25, -0.2) is 9.78 Å². The van der Waals surface area contributed by atoms with Crippen LogP contribution in [0.5, 0.6) is 0 Å². The summed E-state index contributed by atoms with van der Waals surface area (Å²) >= 11 is 6.16. The van der Waals surface area contributed by atoms with Gasteiger partial charge in [0.25, 0.3) is 0 Å². The Kier molecular flexibility index (Phi) is 4.67. The molecule has 2 aromatic heterocycles. The zero-order valence-electron chi connectivity index (χ0n) is 14.7. The number of benzene rings is 2. The number of aromatic carboxylic acids is 1. The molecule has 6 heteroatoms. The van der Waals surface area contributed by atoms with Crippen molar-refractivity contribution in [1.29, 1.82) is 0 Å². The zero-order chi connectivity index (χ0) is 19.7. The van der Waals surface area contributed by atoms with Crippen LogP contribution in [0.4, 0.5) is 0 Å². The monoisotopic (exact) mass is 390 g/mol. The number of pyridine rings is 2. The Bertz CT molecular complexity index is 1230. The lowest BCUT2D eigenvalue weighted by atomic mass is 10.0. The molecule has 0 fully saturated rings. The predicted molar refractivity (Wildman–Crippen MR) is 109 cm³/mol. The smallest absolute Gasteiger partial charge is 0.335 e. The van der Waals surface area contributed by atoms with Gasteiger partial charge in [-0.2, -0.15) is 0 Å². The fourth-order valence-electron chi connectivity index (χ4n) is 3.15. The van der Waals surface area contributed by atoms with Crippen LogP contribution in [0.15, 0.2) is 77.9 Å². The van der Waals surface area contributed by atoms with Crippen LogP contribution in [0.1, 0.15) is 21.5 Å². The summed E-state index contributed by atoms with van der Waals surface area (Å²) in [4.78, 5) is 28.5. The molecule has 5 nitrogen and oxygen atoms in total. The minimum absolute atomic E-state index is 0.0823. The molecule has 0 atom stereocenters. The van der Waals surface area contributed by atoms with E-state index in [1.165, 1.54) is 12.1 Å². The van der Waals surface area contributed by atoms with Crippen LogP contribution in [0.2, 0.25) is 5.02 Å². The van der Waals surface area contributed by atoms with Gasteiger partial charge in [0.15, 0.2) is 5.43 Å². The first-order valence-electron chi connectivity index (χ1n) is 8.60. The van der Waals surface area contributed by atoms with E-state index in [1.807, 2.05) is 22.8 Å². The van der Waals surface area contributed by atoms with Gasteiger partial charge >= 0.3 is 5.97 Å². The van der Waals surface area contributed by atoms with Gasteiger partial charge in [-0.3, -0.25) is 4.79 Å². The van der Waals surface area contributed by atoms with Crippen LogP contribution < -0.4 is 5.43 Å². The molecule has 4 rings (SSSR count). The van der Waals surface area contributed by atoms with Crippen molar-refractivity contribution < 1.29 is 9.90 Å². The zero-order valence-corrected chi connectivity index (χ0v) is 15.4. The highest BCUT2D eigenvalue weighted by molar-refractivity contribution is 6.31. The third-order valence-corrected chi connectivity index (χ3v) is 4.77. The summed E-state index contributed by atoms with van der Waals surface area (Å²) in [5.41, 5.74) is 2.25. The van der Waals surface area contributed by atoms with Gasteiger partial charge in [-0.15, -0.1) is 0 Å². The molecule has 0 unspecified atom stereocenters. The van der Waals surface area contributed by atoms with Crippen molar-refractivity contribution in [3.05, 3.63) is 105 Å². The first kappa shape index (κ1) is 17.9. The third-order valence-electron chi connectivity index (χ3n) is 4.53. The number of halogens is 1. The number of hydrogen-bond acceptors (Lipinski definition) is 3. The second kappa shape index (κ2) is 7.29. The lowest BCUT2D eigenvalue weighted by Gasteiger charge is -2.13. The van der Waals surface area contributed by atoms with Crippen molar-refractivity contribution in [2.45, 2.75) is 6.42 Å². The quantitative estimate of drug-likeness (QED) is 0.563. The number of carboxylic acids is 1. The first-order chi connectivity index (χ1) is 13.5. The van der Waals surface area contributed by atoms with Crippen molar-refractivity contribution in [3.63, 3.8) is 0 Å². The summed E-state index contributed by atoms with van der Waals surface area (Å²) in [6, 6.07) is 17.2. The molecule has 0 aliphatic carbocycles. The van der Waals surface area contributed by atoms with Gasteiger partial charge in [0.2, 0.25) is 0 Å². The van der Waals surface area contributed by atoms with E-state index in [0.29, 0.717) is 33.7 Å². The fraction of sp³-hybridized carbons (Fsp3) is 0.0455. The summed E-state index contributed by atoms with van der Waals surface area (Å²) in [5, 5.41) is 10.1. The molecular formula is C22H15ClN2O3. The van der Waals surface area contributed by atoms with Crippen molar-refractivity contribution in [2.24, 2.45) is 0 Å². The first-order valence-corrected chi connectivity index (χ1v) is 8.98. The van der Waals surface area contributed by atoms with E-state index >= 15 is 0 Å². The lowest BCUT2D eigenvalue weighted by molar-refractivity contribution is 0.0697.